The lowest BCUT2D eigenvalue weighted by molar-refractivity contribution is 0.213. The van der Waals surface area contributed by atoms with E-state index in [0.29, 0.717) is 30.0 Å². The number of para-hydroxylation sites is 1. The number of pyridine rings is 1. The third kappa shape index (κ3) is 4.58. The van der Waals surface area contributed by atoms with Crippen molar-refractivity contribution in [2.75, 3.05) is 31.1 Å². The average Bonchev–Trinajstić information content (AvgIpc) is 2.74. The monoisotopic (exact) mass is 411 g/mol. The molecule has 4 rings (SSSR count). The molecule has 0 radical (unpaired) electrons. The zero-order valence-electron chi connectivity index (χ0n) is 16.0. The van der Waals surface area contributed by atoms with E-state index in [1.165, 1.54) is 11.6 Å². The number of aromatic nitrogens is 1. The summed E-state index contributed by atoms with van der Waals surface area (Å²) in [5.41, 5.74) is 2.70. The van der Waals surface area contributed by atoms with Crippen LogP contribution in [0.2, 0.25) is 5.02 Å². The summed E-state index contributed by atoms with van der Waals surface area (Å²) in [6, 6.07) is 18.1. The third-order valence-corrected chi connectivity index (χ3v) is 5.50. The number of piperazine rings is 1. The summed E-state index contributed by atoms with van der Waals surface area (Å²) < 4.78 is 14.8. The van der Waals surface area contributed by atoms with Gasteiger partial charge in [0.05, 0.1) is 11.4 Å². The first-order valence-electron chi connectivity index (χ1n) is 9.71. The highest BCUT2D eigenvalue weighted by atomic mass is 35.5. The van der Waals surface area contributed by atoms with Crippen molar-refractivity contribution in [3.63, 3.8) is 0 Å². The van der Waals surface area contributed by atoms with Gasteiger partial charge in [0.1, 0.15) is 11.9 Å². The van der Waals surface area contributed by atoms with Gasteiger partial charge in [0.25, 0.3) is 0 Å². The van der Waals surface area contributed by atoms with Crippen molar-refractivity contribution >= 4 is 17.3 Å². The van der Waals surface area contributed by atoms with Gasteiger partial charge in [-0.3, -0.25) is 9.88 Å². The second-order valence-electron chi connectivity index (χ2n) is 7.23. The van der Waals surface area contributed by atoms with Crippen molar-refractivity contribution in [3.05, 3.63) is 94.5 Å². The molecule has 1 N–H and O–H groups in total. The average molecular weight is 412 g/mol. The van der Waals surface area contributed by atoms with E-state index < -0.39 is 6.10 Å². The third-order valence-electron chi connectivity index (χ3n) is 5.26. The Bertz CT molecular complexity index is 961. The minimum absolute atomic E-state index is 0.319. The molecule has 1 aromatic heterocycles. The maximum atomic E-state index is 14.8. The molecule has 1 aliphatic rings. The molecule has 0 spiro atoms. The van der Waals surface area contributed by atoms with E-state index in [4.69, 9.17) is 11.6 Å². The first-order valence-corrected chi connectivity index (χ1v) is 10.1. The normalized spacial score (nSPS) is 16.0. The lowest BCUT2D eigenvalue weighted by atomic mass is 10.0. The molecule has 3 aromatic rings. The van der Waals surface area contributed by atoms with Gasteiger partial charge in [-0.15, -0.1) is 0 Å². The molecule has 1 fully saturated rings. The van der Waals surface area contributed by atoms with E-state index in [9.17, 15) is 9.50 Å². The van der Waals surface area contributed by atoms with Crippen molar-refractivity contribution in [2.24, 2.45) is 0 Å². The Balaban J connectivity index is 1.50. The van der Waals surface area contributed by atoms with Gasteiger partial charge in [0.2, 0.25) is 0 Å². The lowest BCUT2D eigenvalue weighted by Gasteiger charge is -2.37. The van der Waals surface area contributed by atoms with Gasteiger partial charge in [-0.25, -0.2) is 4.39 Å². The van der Waals surface area contributed by atoms with Crippen molar-refractivity contribution < 1.29 is 9.50 Å². The molecular weight excluding hydrogens is 389 g/mol. The fraction of sp³-hybridized carbons (Fsp3) is 0.261. The Hall–Kier alpha value is -2.47. The molecule has 2 aromatic carbocycles. The molecule has 29 heavy (non-hydrogen) atoms. The molecule has 1 saturated heterocycles. The first-order chi connectivity index (χ1) is 14.1. The van der Waals surface area contributed by atoms with Crippen LogP contribution in [0.4, 0.5) is 10.1 Å². The standard InChI is InChI=1S/C23H23ClFN3O/c24-18-6-3-5-17(15-18)16-27-11-13-28(14-12-27)22-19(7-4-8-20(22)25)23(29)21-9-1-2-10-26-21/h1-10,15,23,29H,11-14,16H2/t23-/m0/s1. The Labute approximate surface area is 175 Å². The van der Waals surface area contributed by atoms with Crippen molar-refractivity contribution in [1.82, 2.24) is 9.88 Å². The predicted octanol–water partition coefficient (Wildman–Crippen LogP) is 4.28. The maximum Gasteiger partial charge on any atom is 0.146 e. The van der Waals surface area contributed by atoms with Crippen LogP contribution in [-0.4, -0.2) is 41.2 Å². The maximum absolute atomic E-state index is 14.8. The number of anilines is 1. The summed E-state index contributed by atoms with van der Waals surface area (Å²) in [6.45, 7) is 3.79. The van der Waals surface area contributed by atoms with Crippen molar-refractivity contribution in [2.45, 2.75) is 12.6 Å². The molecule has 0 unspecified atom stereocenters. The van der Waals surface area contributed by atoms with Gasteiger partial charge < -0.3 is 10.0 Å². The molecule has 6 heteroatoms. The highest BCUT2D eigenvalue weighted by Crippen LogP contribution is 2.33. The molecule has 0 amide bonds. The smallest absolute Gasteiger partial charge is 0.146 e. The van der Waals surface area contributed by atoms with E-state index in [2.05, 4.69) is 16.0 Å². The molecule has 1 aliphatic heterocycles. The number of halogens is 2. The van der Waals surface area contributed by atoms with Crippen LogP contribution >= 0.6 is 11.6 Å². The predicted molar refractivity (Wildman–Crippen MR) is 114 cm³/mol. The van der Waals surface area contributed by atoms with Gasteiger partial charge in [-0.1, -0.05) is 41.9 Å². The van der Waals surface area contributed by atoms with Crippen LogP contribution in [0.25, 0.3) is 0 Å². The molecule has 150 valence electrons. The fourth-order valence-electron chi connectivity index (χ4n) is 3.81. The van der Waals surface area contributed by atoms with E-state index in [0.717, 1.165) is 24.7 Å². The Morgan fingerprint density at radius 3 is 2.52 bits per heavy atom. The second-order valence-corrected chi connectivity index (χ2v) is 7.66. The zero-order chi connectivity index (χ0) is 20.2. The number of hydrogen-bond acceptors (Lipinski definition) is 4. The Kier molecular flexibility index (Phi) is 6.09. The summed E-state index contributed by atoms with van der Waals surface area (Å²) in [4.78, 5) is 8.58. The van der Waals surface area contributed by atoms with Gasteiger partial charge >= 0.3 is 0 Å². The highest BCUT2D eigenvalue weighted by molar-refractivity contribution is 6.30. The number of aliphatic hydroxyl groups is 1. The second kappa shape index (κ2) is 8.91. The Morgan fingerprint density at radius 1 is 1.00 bits per heavy atom. The lowest BCUT2D eigenvalue weighted by Crippen LogP contribution is -2.46. The number of rotatable bonds is 5. The highest BCUT2D eigenvalue weighted by Gasteiger charge is 2.25. The molecule has 1 atom stereocenters. The van der Waals surface area contributed by atoms with Gasteiger partial charge in [0.15, 0.2) is 0 Å². The summed E-state index contributed by atoms with van der Waals surface area (Å²) in [6.07, 6.45) is 0.665. The fourth-order valence-corrected chi connectivity index (χ4v) is 4.02. The van der Waals surface area contributed by atoms with Gasteiger partial charge in [-0.2, -0.15) is 0 Å². The summed E-state index contributed by atoms with van der Waals surface area (Å²) in [5.74, 6) is -0.319. The Morgan fingerprint density at radius 2 is 1.79 bits per heavy atom. The zero-order valence-corrected chi connectivity index (χ0v) is 16.8. The van der Waals surface area contributed by atoms with Gasteiger partial charge in [-0.05, 0) is 35.9 Å². The topological polar surface area (TPSA) is 39.6 Å². The van der Waals surface area contributed by atoms with E-state index in [1.54, 1.807) is 30.5 Å². The van der Waals surface area contributed by atoms with Crippen LogP contribution in [0.5, 0.6) is 0 Å². The van der Waals surface area contributed by atoms with E-state index in [1.807, 2.05) is 29.2 Å². The molecular formula is C23H23ClFN3O. The van der Waals surface area contributed by atoms with E-state index >= 15 is 0 Å². The quantitative estimate of drug-likeness (QED) is 0.680. The van der Waals surface area contributed by atoms with E-state index in [-0.39, 0.29) is 5.82 Å². The summed E-state index contributed by atoms with van der Waals surface area (Å²) in [5, 5.41) is 11.6. The molecule has 0 aliphatic carbocycles. The SMILES string of the molecule is O[C@H](c1ccccn1)c1cccc(F)c1N1CCN(Cc2cccc(Cl)c2)CC1. The largest absolute Gasteiger partial charge is 0.382 e. The number of hydrogen-bond donors (Lipinski definition) is 1. The van der Waals surface area contributed by atoms with Crippen molar-refractivity contribution in [1.29, 1.82) is 0 Å². The molecule has 2 heterocycles. The van der Waals surface area contributed by atoms with Crippen molar-refractivity contribution in [3.8, 4) is 0 Å². The van der Waals surface area contributed by atoms with Crippen LogP contribution in [-0.2, 0) is 6.54 Å². The first kappa shape index (κ1) is 19.8. The number of nitrogens with zero attached hydrogens (tertiary/aromatic N) is 3. The number of aliphatic hydroxyl groups excluding tert-OH is 1. The summed E-state index contributed by atoms with van der Waals surface area (Å²) in [7, 11) is 0. The van der Waals surface area contributed by atoms with Crippen LogP contribution in [0.15, 0.2) is 66.9 Å². The molecule has 0 saturated carbocycles. The van der Waals surface area contributed by atoms with Crippen LogP contribution in [0.3, 0.4) is 0 Å². The number of benzene rings is 2. The summed E-state index contributed by atoms with van der Waals surface area (Å²) >= 11 is 6.08. The van der Waals surface area contributed by atoms with Crippen LogP contribution < -0.4 is 4.90 Å². The van der Waals surface area contributed by atoms with Gasteiger partial charge in [0, 0.05) is 49.5 Å². The van der Waals surface area contributed by atoms with Crippen LogP contribution in [0.1, 0.15) is 22.9 Å². The molecule has 0 bridgehead atoms. The minimum atomic E-state index is -0.966. The molecule has 4 nitrogen and oxygen atoms in total. The van der Waals surface area contributed by atoms with Crippen LogP contribution in [0, 0.1) is 5.82 Å². The minimum Gasteiger partial charge on any atom is -0.382 e.